The highest BCUT2D eigenvalue weighted by molar-refractivity contribution is 7.06. The lowest BCUT2D eigenvalue weighted by Gasteiger charge is -2.30. The van der Waals surface area contributed by atoms with Gasteiger partial charge in [0.1, 0.15) is 0 Å². The van der Waals surface area contributed by atoms with Gasteiger partial charge >= 0.3 is 0 Å². The van der Waals surface area contributed by atoms with Gasteiger partial charge in [0, 0.05) is 0 Å². The molecule has 2 aromatic carbocycles. The summed E-state index contributed by atoms with van der Waals surface area (Å²) >= 11 is 0. The van der Waals surface area contributed by atoms with E-state index in [-0.39, 0.29) is 0 Å². The van der Waals surface area contributed by atoms with Crippen LogP contribution in [0.5, 0.6) is 0 Å². The summed E-state index contributed by atoms with van der Waals surface area (Å²) in [6.45, 7) is 7.93. The van der Waals surface area contributed by atoms with Gasteiger partial charge in [-0.15, -0.1) is 13.2 Å². The van der Waals surface area contributed by atoms with E-state index in [1.54, 1.807) is 0 Å². The Bertz CT molecular complexity index is 498. The van der Waals surface area contributed by atoms with Gasteiger partial charge in [0.25, 0.3) is 0 Å². The molecule has 0 saturated heterocycles. The van der Waals surface area contributed by atoms with Crippen molar-refractivity contribution in [2.45, 2.75) is 0 Å². The second kappa shape index (κ2) is 6.47. The molecule has 1 N–H and O–H groups in total. The molecule has 94 valence electrons. The molecule has 0 aliphatic carbocycles. The molecule has 0 bridgehead atoms. The van der Waals surface area contributed by atoms with E-state index in [9.17, 15) is 0 Å². The first-order valence-corrected chi connectivity index (χ1v) is 9.37. The molecule has 2 radical (unpaired) electrons. The van der Waals surface area contributed by atoms with Crippen molar-refractivity contribution in [1.82, 2.24) is 4.65 Å². The fourth-order valence-corrected chi connectivity index (χ4v) is 7.29. The quantitative estimate of drug-likeness (QED) is 0.796. The highest BCUT2D eigenvalue weighted by Crippen LogP contribution is 2.03. The molecule has 19 heavy (non-hydrogen) atoms. The summed E-state index contributed by atoms with van der Waals surface area (Å²) in [5, 5.41) is 2.65. The van der Waals surface area contributed by atoms with E-state index in [4.69, 9.17) is 0 Å². The molecule has 0 saturated carbocycles. The highest BCUT2D eigenvalue weighted by Gasteiger charge is 2.33. The molecule has 0 aliphatic heterocycles. The fourth-order valence-electron chi connectivity index (χ4n) is 2.16. The lowest BCUT2D eigenvalue weighted by molar-refractivity contribution is 1.49. The molecule has 0 fully saturated rings. The van der Waals surface area contributed by atoms with Crippen molar-refractivity contribution < 1.29 is 0 Å². The third kappa shape index (κ3) is 2.84. The van der Waals surface area contributed by atoms with E-state index >= 15 is 0 Å². The van der Waals surface area contributed by atoms with Crippen molar-refractivity contribution in [2.75, 3.05) is 0 Å². The largest absolute Gasteiger partial charge is 0.348 e. The van der Waals surface area contributed by atoms with Crippen LogP contribution in [0.25, 0.3) is 0 Å². The summed E-state index contributed by atoms with van der Waals surface area (Å²) in [6.07, 6.45) is 0. The van der Waals surface area contributed by atoms with Gasteiger partial charge in [-0.1, -0.05) is 72.1 Å². The molecule has 1 nitrogen and oxygen atoms in total. The van der Waals surface area contributed by atoms with E-state index in [0.717, 1.165) is 0 Å². The van der Waals surface area contributed by atoms with Crippen LogP contribution in [0.3, 0.4) is 0 Å². The second-order valence-electron chi connectivity index (χ2n) is 4.22. The predicted molar refractivity (Wildman–Crippen MR) is 87.2 cm³/mol. The maximum atomic E-state index is 4.11. The zero-order valence-electron chi connectivity index (χ0n) is 10.8. The summed E-state index contributed by atoms with van der Waals surface area (Å²) in [5.74, 6) is 0. The van der Waals surface area contributed by atoms with Crippen molar-refractivity contribution in [1.29, 1.82) is 0 Å². The van der Waals surface area contributed by atoms with E-state index in [0.29, 0.717) is 9.68 Å². The van der Waals surface area contributed by atoms with Gasteiger partial charge in [0.05, 0.1) is 0 Å². The first-order chi connectivity index (χ1) is 9.33. The minimum atomic E-state index is -2.09. The van der Waals surface area contributed by atoms with Gasteiger partial charge in [-0.2, -0.15) is 0 Å². The normalized spacial score (nSPS) is 10.9. The summed E-state index contributed by atoms with van der Waals surface area (Å²) < 4.78 is 3.70. The average Bonchev–Trinajstić information content (AvgIpc) is 2.51. The van der Waals surface area contributed by atoms with Gasteiger partial charge < -0.3 is 4.65 Å². The van der Waals surface area contributed by atoms with Gasteiger partial charge in [-0.3, -0.25) is 0 Å². The van der Waals surface area contributed by atoms with Gasteiger partial charge in [-0.25, -0.2) is 0 Å². The maximum Gasteiger partial charge on any atom is 0.207 e. The molecule has 0 spiro atoms. The number of hydrogen-bond donors (Lipinski definition) is 1. The zero-order chi connectivity index (χ0) is 13.6. The SMILES string of the molecule is C=C[Si]N[Si](C=C)(c1ccccc1)c1ccccc1. The van der Waals surface area contributed by atoms with Crippen LogP contribution >= 0.6 is 0 Å². The summed E-state index contributed by atoms with van der Waals surface area (Å²) in [4.78, 5) is 0. The van der Waals surface area contributed by atoms with Gasteiger partial charge in [0.15, 0.2) is 9.68 Å². The first kappa shape index (κ1) is 13.7. The van der Waals surface area contributed by atoms with Crippen LogP contribution in [0.2, 0.25) is 0 Å². The molecule has 0 aliphatic rings. The number of rotatable bonds is 6. The van der Waals surface area contributed by atoms with E-state index in [1.807, 2.05) is 17.8 Å². The Morgan fingerprint density at radius 1 is 0.842 bits per heavy atom. The Labute approximate surface area is 118 Å². The summed E-state index contributed by atoms with van der Waals surface area (Å²) in [6, 6.07) is 21.2. The third-order valence-corrected chi connectivity index (χ3v) is 8.60. The van der Waals surface area contributed by atoms with E-state index < -0.39 is 8.24 Å². The van der Waals surface area contributed by atoms with E-state index in [1.165, 1.54) is 10.4 Å². The van der Waals surface area contributed by atoms with Crippen LogP contribution in [0.15, 0.2) is 85.2 Å². The Morgan fingerprint density at radius 2 is 1.32 bits per heavy atom. The number of benzene rings is 2. The zero-order valence-corrected chi connectivity index (χ0v) is 12.8. The van der Waals surface area contributed by atoms with Crippen molar-refractivity contribution in [3.63, 3.8) is 0 Å². The second-order valence-corrected chi connectivity index (χ2v) is 9.09. The predicted octanol–water partition coefficient (Wildman–Crippen LogP) is 1.82. The minimum Gasteiger partial charge on any atom is -0.348 e. The smallest absolute Gasteiger partial charge is 0.207 e. The minimum absolute atomic E-state index is 0.528. The Balaban J connectivity index is 2.54. The summed E-state index contributed by atoms with van der Waals surface area (Å²) in [7, 11) is -1.56. The topological polar surface area (TPSA) is 12.0 Å². The maximum absolute atomic E-state index is 4.11. The molecular weight excluding hydrogens is 262 g/mol. The monoisotopic (exact) mass is 279 g/mol. The van der Waals surface area contributed by atoms with Crippen LogP contribution in [-0.4, -0.2) is 17.9 Å². The van der Waals surface area contributed by atoms with Crippen LogP contribution in [0.4, 0.5) is 0 Å². The molecule has 0 heterocycles. The standard InChI is InChI=1S/C16H17NSi2/c1-3-18-17-19(4-2,15-11-7-5-8-12-15)16-13-9-6-10-14-16/h3-14,17H,1-2H2. The van der Waals surface area contributed by atoms with E-state index in [2.05, 4.69) is 72.0 Å². The molecule has 3 heteroatoms. The molecule has 0 unspecified atom stereocenters. The molecule has 2 aromatic rings. The fraction of sp³-hybridized carbons (Fsp3) is 0. The molecule has 0 atom stereocenters. The Hall–Kier alpha value is -1.69. The van der Waals surface area contributed by atoms with Crippen molar-refractivity contribution in [3.05, 3.63) is 85.2 Å². The molecule has 2 rings (SSSR count). The molecular formula is C16H17NSi2. The molecule has 0 amide bonds. The van der Waals surface area contributed by atoms with Crippen molar-refractivity contribution >= 4 is 28.3 Å². The Kier molecular flexibility index (Phi) is 4.68. The van der Waals surface area contributed by atoms with Crippen LogP contribution in [0.1, 0.15) is 0 Å². The number of nitrogens with one attached hydrogen (secondary N) is 1. The van der Waals surface area contributed by atoms with Gasteiger partial charge in [0.2, 0.25) is 8.24 Å². The van der Waals surface area contributed by atoms with Crippen LogP contribution in [-0.2, 0) is 0 Å². The van der Waals surface area contributed by atoms with Crippen molar-refractivity contribution in [2.24, 2.45) is 0 Å². The highest BCUT2D eigenvalue weighted by atomic mass is 28.4. The number of hydrogen-bond acceptors (Lipinski definition) is 1. The summed E-state index contributed by atoms with van der Waals surface area (Å²) in [5.41, 5.74) is 4.03. The lowest BCUT2D eigenvalue weighted by Crippen LogP contribution is -2.68. The van der Waals surface area contributed by atoms with Crippen LogP contribution in [0, 0.1) is 0 Å². The Morgan fingerprint density at radius 3 is 1.68 bits per heavy atom. The van der Waals surface area contributed by atoms with Crippen molar-refractivity contribution in [3.8, 4) is 0 Å². The lowest BCUT2D eigenvalue weighted by atomic mass is 10.4. The molecule has 0 aromatic heterocycles. The average molecular weight is 279 g/mol. The van der Waals surface area contributed by atoms with Gasteiger partial charge in [-0.05, 0) is 10.4 Å². The van der Waals surface area contributed by atoms with Crippen LogP contribution < -0.4 is 15.0 Å². The first-order valence-electron chi connectivity index (χ1n) is 6.22. The third-order valence-electron chi connectivity index (χ3n) is 3.14.